The van der Waals surface area contributed by atoms with Crippen molar-refractivity contribution in [2.45, 2.75) is 19.4 Å². The molecule has 3 nitrogen and oxygen atoms in total. The number of rotatable bonds is 2. The van der Waals surface area contributed by atoms with Crippen LogP contribution in [0.15, 0.2) is 18.2 Å². The molecule has 1 saturated heterocycles. The molecule has 0 spiro atoms. The van der Waals surface area contributed by atoms with Gasteiger partial charge in [-0.1, -0.05) is 19.1 Å². The van der Waals surface area contributed by atoms with Crippen molar-refractivity contribution in [2.75, 3.05) is 18.0 Å². The van der Waals surface area contributed by atoms with E-state index in [0.717, 1.165) is 13.0 Å². The first-order chi connectivity index (χ1) is 8.49. The molecule has 3 N–H and O–H groups in total. The van der Waals surface area contributed by atoms with E-state index in [0.29, 0.717) is 17.8 Å². The van der Waals surface area contributed by atoms with Gasteiger partial charge in [-0.2, -0.15) is 0 Å². The minimum atomic E-state index is -0.409. The maximum absolute atomic E-state index is 14.0. The second-order valence-corrected chi connectivity index (χ2v) is 5.25. The smallest absolute Gasteiger partial charge is 0.147 e. The van der Waals surface area contributed by atoms with Crippen LogP contribution in [0.4, 0.5) is 10.1 Å². The monoisotopic (exact) mass is 268 g/mol. The fraction of sp³-hybridized carbons (Fsp3) is 0.462. The Kier molecular flexibility index (Phi) is 3.82. The molecule has 1 aliphatic rings. The summed E-state index contributed by atoms with van der Waals surface area (Å²) in [5.41, 5.74) is 6.49. The van der Waals surface area contributed by atoms with Crippen molar-refractivity contribution in [1.29, 1.82) is 0 Å². The van der Waals surface area contributed by atoms with Gasteiger partial charge in [0, 0.05) is 18.7 Å². The van der Waals surface area contributed by atoms with Crippen LogP contribution in [0.2, 0.25) is 0 Å². The molecule has 1 aromatic carbocycles. The Morgan fingerprint density at radius 3 is 2.83 bits per heavy atom. The van der Waals surface area contributed by atoms with E-state index in [1.165, 1.54) is 6.07 Å². The summed E-state index contributed by atoms with van der Waals surface area (Å²) in [6.45, 7) is 3.22. The van der Waals surface area contributed by atoms with Crippen LogP contribution in [0.1, 0.15) is 18.9 Å². The maximum atomic E-state index is 14.0. The van der Waals surface area contributed by atoms with Gasteiger partial charge in [-0.25, -0.2) is 4.39 Å². The highest BCUT2D eigenvalue weighted by atomic mass is 32.1. The molecule has 0 radical (unpaired) electrons. The predicted octanol–water partition coefficient (Wildman–Crippen LogP) is 1.67. The summed E-state index contributed by atoms with van der Waals surface area (Å²) >= 11 is 4.81. The van der Waals surface area contributed by atoms with Gasteiger partial charge in [0.15, 0.2) is 0 Å². The molecule has 1 heterocycles. The van der Waals surface area contributed by atoms with Crippen molar-refractivity contribution < 1.29 is 9.50 Å². The Morgan fingerprint density at radius 1 is 1.56 bits per heavy atom. The second-order valence-electron chi connectivity index (χ2n) is 4.81. The van der Waals surface area contributed by atoms with Crippen molar-refractivity contribution in [3.05, 3.63) is 29.6 Å². The van der Waals surface area contributed by atoms with Gasteiger partial charge in [-0.3, -0.25) is 0 Å². The lowest BCUT2D eigenvalue weighted by Crippen LogP contribution is -2.43. The van der Waals surface area contributed by atoms with Crippen LogP contribution in [-0.4, -0.2) is 29.3 Å². The van der Waals surface area contributed by atoms with Crippen LogP contribution >= 0.6 is 12.2 Å². The molecule has 18 heavy (non-hydrogen) atoms. The van der Waals surface area contributed by atoms with Crippen molar-refractivity contribution in [1.82, 2.24) is 0 Å². The topological polar surface area (TPSA) is 49.5 Å². The first-order valence-corrected chi connectivity index (χ1v) is 6.42. The number of hydrogen-bond acceptors (Lipinski definition) is 3. The molecule has 0 amide bonds. The molecule has 0 aromatic heterocycles. The molecule has 5 heteroatoms. The standard InChI is InChI=1S/C13H17FN2OS/c1-8-4-5-16(7-12(8)17)11-3-2-9(13(15)18)6-10(11)14/h2-3,6,8,12,17H,4-5,7H2,1H3,(H2,15,18). The normalized spacial score (nSPS) is 24.1. The van der Waals surface area contributed by atoms with Crippen molar-refractivity contribution >= 4 is 22.9 Å². The maximum Gasteiger partial charge on any atom is 0.147 e. The number of halogens is 1. The Labute approximate surface area is 111 Å². The Morgan fingerprint density at radius 2 is 2.28 bits per heavy atom. The molecule has 2 unspecified atom stereocenters. The van der Waals surface area contributed by atoms with Crippen LogP contribution in [0.5, 0.6) is 0 Å². The zero-order valence-corrected chi connectivity index (χ0v) is 11.1. The predicted molar refractivity (Wildman–Crippen MR) is 74.3 cm³/mol. The van der Waals surface area contributed by atoms with E-state index < -0.39 is 6.10 Å². The van der Waals surface area contributed by atoms with E-state index in [4.69, 9.17) is 18.0 Å². The minimum absolute atomic E-state index is 0.188. The summed E-state index contributed by atoms with van der Waals surface area (Å²) in [6, 6.07) is 4.74. The summed E-state index contributed by atoms with van der Waals surface area (Å²) in [5.74, 6) is -0.0812. The SMILES string of the molecule is CC1CCN(c2ccc(C(N)=S)cc2F)CC1O. The molecule has 0 bridgehead atoms. The summed E-state index contributed by atoms with van der Waals surface area (Å²) in [7, 11) is 0. The molecule has 98 valence electrons. The first-order valence-electron chi connectivity index (χ1n) is 6.01. The van der Waals surface area contributed by atoms with Crippen molar-refractivity contribution in [3.63, 3.8) is 0 Å². The fourth-order valence-corrected chi connectivity index (χ4v) is 2.31. The summed E-state index contributed by atoms with van der Waals surface area (Å²) in [5, 5.41) is 9.84. The van der Waals surface area contributed by atoms with Gasteiger partial charge in [-0.15, -0.1) is 0 Å². The molecular weight excluding hydrogens is 251 g/mol. The highest BCUT2D eigenvalue weighted by molar-refractivity contribution is 7.80. The van der Waals surface area contributed by atoms with E-state index in [1.54, 1.807) is 12.1 Å². The van der Waals surface area contributed by atoms with Crippen LogP contribution in [0, 0.1) is 11.7 Å². The van der Waals surface area contributed by atoms with E-state index in [2.05, 4.69) is 0 Å². The summed E-state index contributed by atoms with van der Waals surface area (Å²) in [4.78, 5) is 2.05. The van der Waals surface area contributed by atoms with Crippen LogP contribution in [0.3, 0.4) is 0 Å². The van der Waals surface area contributed by atoms with Gasteiger partial charge in [0.05, 0.1) is 11.8 Å². The highest BCUT2D eigenvalue weighted by Crippen LogP contribution is 2.26. The van der Waals surface area contributed by atoms with Crippen LogP contribution in [-0.2, 0) is 0 Å². The van der Waals surface area contributed by atoms with E-state index >= 15 is 0 Å². The van der Waals surface area contributed by atoms with Crippen LogP contribution < -0.4 is 10.6 Å². The Bertz CT molecular complexity index is 466. The molecule has 1 fully saturated rings. The highest BCUT2D eigenvalue weighted by Gasteiger charge is 2.25. The zero-order valence-electron chi connectivity index (χ0n) is 10.3. The number of aliphatic hydroxyl groups excluding tert-OH is 1. The number of piperidine rings is 1. The van der Waals surface area contributed by atoms with E-state index in [9.17, 15) is 9.50 Å². The first kappa shape index (κ1) is 13.2. The Balaban J connectivity index is 2.21. The summed E-state index contributed by atoms with van der Waals surface area (Å²) in [6.07, 6.45) is 0.450. The third-order valence-corrected chi connectivity index (χ3v) is 3.73. The van der Waals surface area contributed by atoms with Gasteiger partial charge in [0.2, 0.25) is 0 Å². The number of hydrogen-bond donors (Lipinski definition) is 2. The third kappa shape index (κ3) is 2.62. The molecular formula is C13H17FN2OS. The molecule has 2 atom stereocenters. The Hall–Kier alpha value is -1.20. The van der Waals surface area contributed by atoms with Crippen molar-refractivity contribution in [3.8, 4) is 0 Å². The van der Waals surface area contributed by atoms with E-state index in [1.807, 2.05) is 11.8 Å². The second kappa shape index (κ2) is 5.20. The molecule has 0 saturated carbocycles. The number of β-amino-alcohol motifs (C(OH)–C–C–N with tert-alkyl or cyclic N) is 1. The largest absolute Gasteiger partial charge is 0.391 e. The average molecular weight is 268 g/mol. The third-order valence-electron chi connectivity index (χ3n) is 3.49. The molecule has 0 aliphatic carbocycles. The quantitative estimate of drug-likeness (QED) is 0.801. The number of benzene rings is 1. The lowest BCUT2D eigenvalue weighted by Gasteiger charge is -2.36. The number of nitrogens with zero attached hydrogens (tertiary/aromatic N) is 1. The van der Waals surface area contributed by atoms with Gasteiger partial charge in [-0.05, 0) is 30.5 Å². The van der Waals surface area contributed by atoms with Crippen LogP contribution in [0.25, 0.3) is 0 Å². The van der Waals surface area contributed by atoms with Gasteiger partial charge in [0.25, 0.3) is 0 Å². The fourth-order valence-electron chi connectivity index (χ4n) is 2.18. The molecule has 2 rings (SSSR count). The molecule has 1 aromatic rings. The number of nitrogens with two attached hydrogens (primary N) is 1. The minimum Gasteiger partial charge on any atom is -0.391 e. The van der Waals surface area contributed by atoms with E-state index in [-0.39, 0.29) is 16.7 Å². The van der Waals surface area contributed by atoms with Crippen molar-refractivity contribution in [2.24, 2.45) is 11.7 Å². The van der Waals surface area contributed by atoms with Gasteiger partial charge >= 0.3 is 0 Å². The molecule has 1 aliphatic heterocycles. The number of anilines is 1. The average Bonchev–Trinajstić information content (AvgIpc) is 2.32. The zero-order chi connectivity index (χ0) is 13.3. The lowest BCUT2D eigenvalue weighted by molar-refractivity contribution is 0.102. The summed E-state index contributed by atoms with van der Waals surface area (Å²) < 4.78 is 14.0. The van der Waals surface area contributed by atoms with Gasteiger partial charge < -0.3 is 15.7 Å². The van der Waals surface area contributed by atoms with Gasteiger partial charge in [0.1, 0.15) is 10.8 Å². The number of aliphatic hydroxyl groups is 1. The number of thiocarbonyl (C=S) groups is 1. The lowest BCUT2D eigenvalue weighted by atomic mass is 9.95.